The Morgan fingerprint density at radius 3 is 1.39 bits per heavy atom. The van der Waals surface area contributed by atoms with E-state index in [0.29, 0.717) is 24.5 Å². The van der Waals surface area contributed by atoms with Crippen LogP contribution < -0.4 is 9.80 Å². The molecule has 4 atom stereocenters. The smallest absolute Gasteiger partial charge is 0.138 e. The van der Waals surface area contributed by atoms with Gasteiger partial charge < -0.3 is 29.8 Å². The third kappa shape index (κ3) is 8.81. The highest BCUT2D eigenvalue weighted by Gasteiger charge is 2.36. The molecular weight excluding hydrogens is 777 g/mol. The number of aromatic nitrogens is 6. The summed E-state index contributed by atoms with van der Waals surface area (Å²) in [5, 5.41) is 26.2. The lowest BCUT2D eigenvalue weighted by Gasteiger charge is -2.33. The fraction of sp³-hybridized carbons (Fsp3) is 0.500. The molecule has 14 heteroatoms. The Bertz CT molecular complexity index is 2290. The molecule has 0 saturated carbocycles. The van der Waals surface area contributed by atoms with Crippen molar-refractivity contribution in [3.8, 4) is 0 Å². The van der Waals surface area contributed by atoms with Gasteiger partial charge >= 0.3 is 0 Å². The minimum Gasteiger partial charge on any atom is -0.384 e. The summed E-state index contributed by atoms with van der Waals surface area (Å²) in [6, 6.07) is 20.8. The number of rotatable bonds is 17. The Kier molecular flexibility index (Phi) is 13.2. The molecule has 330 valence electrons. The number of hydrogen-bond donors (Lipinski definition) is 2. The number of anilines is 2. The summed E-state index contributed by atoms with van der Waals surface area (Å²) in [6.07, 6.45) is 7.20. The highest BCUT2D eigenvalue weighted by Crippen LogP contribution is 2.40. The van der Waals surface area contributed by atoms with Crippen LogP contribution in [0.4, 0.5) is 11.6 Å². The van der Waals surface area contributed by atoms with Gasteiger partial charge in [-0.15, -0.1) is 0 Å². The van der Waals surface area contributed by atoms with Crippen LogP contribution in [0.3, 0.4) is 0 Å². The first-order chi connectivity index (χ1) is 29.9. The monoisotopic (exact) mass is 843 g/mol. The van der Waals surface area contributed by atoms with Crippen LogP contribution in [-0.2, 0) is 25.9 Å². The fourth-order valence-corrected chi connectivity index (χ4v) is 9.67. The molecule has 62 heavy (non-hydrogen) atoms. The van der Waals surface area contributed by atoms with E-state index in [2.05, 4.69) is 119 Å². The lowest BCUT2D eigenvalue weighted by molar-refractivity contribution is 0.00898. The third-order valence-electron chi connectivity index (χ3n) is 13.1. The highest BCUT2D eigenvalue weighted by atomic mass is 16.3. The average molecular weight is 843 g/mol. The van der Waals surface area contributed by atoms with E-state index in [0.717, 1.165) is 110 Å². The van der Waals surface area contributed by atoms with Crippen LogP contribution in [0, 0.1) is 0 Å². The Morgan fingerprint density at radius 2 is 0.984 bits per heavy atom. The zero-order valence-corrected chi connectivity index (χ0v) is 38.0. The number of fused-ring (bicyclic) bond motifs is 4. The van der Waals surface area contributed by atoms with Crippen molar-refractivity contribution < 1.29 is 10.2 Å². The van der Waals surface area contributed by atoms with E-state index in [1.807, 2.05) is 48.8 Å². The lowest BCUT2D eigenvalue weighted by Crippen LogP contribution is -2.31. The van der Waals surface area contributed by atoms with E-state index in [9.17, 15) is 10.2 Å². The molecule has 2 N–H and O–H groups in total. The van der Waals surface area contributed by atoms with Gasteiger partial charge in [-0.2, -0.15) is 0 Å². The standard InChI is InChI=1S/C48H66N12O2/c1-53(2)27-29-55(5)41-23-11-21-39-51-35(31-57(7)37-19-9-15-33-17-13-25-49-43(33)37)45(59(39)41)47(61)48(62)46-36(32-58(8)38-20-10-16-34-18-14-26-50-44(34)38)52-40-22-12-24-42(60(40)46)56(6)30-28-54(3)4/h11-14,17-18,21-26,37-38,47-48,61-62H,9-10,15-16,19-20,27-32H2,1-8H3/t37-,38-,47?,48?/m0/s1. The van der Waals surface area contributed by atoms with Crippen molar-refractivity contribution in [2.75, 3.05) is 92.4 Å². The van der Waals surface area contributed by atoms with Crippen molar-refractivity contribution in [3.63, 3.8) is 0 Å². The van der Waals surface area contributed by atoms with Crippen LogP contribution in [0.5, 0.6) is 0 Å². The predicted molar refractivity (Wildman–Crippen MR) is 247 cm³/mol. The largest absolute Gasteiger partial charge is 0.384 e. The van der Waals surface area contributed by atoms with E-state index >= 15 is 0 Å². The van der Waals surface area contributed by atoms with Gasteiger partial charge in [0.1, 0.15) is 35.1 Å². The molecule has 2 aliphatic rings. The number of hydrogen-bond acceptors (Lipinski definition) is 12. The van der Waals surface area contributed by atoms with Crippen LogP contribution in [-0.4, -0.2) is 141 Å². The molecule has 0 aromatic carbocycles. The quantitative estimate of drug-likeness (QED) is 0.120. The summed E-state index contributed by atoms with van der Waals surface area (Å²) in [6.45, 7) is 4.11. The van der Waals surface area contributed by atoms with Crippen molar-refractivity contribution in [1.29, 1.82) is 0 Å². The van der Waals surface area contributed by atoms with Gasteiger partial charge in [-0.05, 0) is 128 Å². The molecule has 0 radical (unpaired) electrons. The van der Waals surface area contributed by atoms with Crippen molar-refractivity contribution in [3.05, 3.63) is 118 Å². The van der Waals surface area contributed by atoms with E-state index in [-0.39, 0.29) is 12.1 Å². The summed E-state index contributed by atoms with van der Waals surface area (Å²) in [7, 11) is 16.7. The van der Waals surface area contributed by atoms with Crippen LogP contribution in [0.1, 0.15) is 95.3 Å². The van der Waals surface area contributed by atoms with Crippen molar-refractivity contribution >= 4 is 22.9 Å². The molecule has 8 rings (SSSR count). The highest BCUT2D eigenvalue weighted by molar-refractivity contribution is 5.57. The van der Waals surface area contributed by atoms with Gasteiger partial charge in [0.25, 0.3) is 0 Å². The Labute approximate surface area is 367 Å². The molecule has 0 fully saturated rings. The summed E-state index contributed by atoms with van der Waals surface area (Å²) in [5.41, 5.74) is 8.81. The third-order valence-corrected chi connectivity index (χ3v) is 13.1. The molecular formula is C48H66N12O2. The Hall–Kier alpha value is -4.96. The molecule has 6 heterocycles. The second kappa shape index (κ2) is 18.8. The Morgan fingerprint density at radius 1 is 0.565 bits per heavy atom. The number of aryl methyl sites for hydroxylation is 2. The number of likely N-dealkylation sites (N-methyl/N-ethyl adjacent to an activating group) is 4. The normalized spacial score (nSPS) is 17.6. The topological polar surface area (TPSA) is 120 Å². The summed E-state index contributed by atoms with van der Waals surface area (Å²) in [4.78, 5) is 33.6. The molecule has 0 aliphatic heterocycles. The lowest BCUT2D eigenvalue weighted by atomic mass is 9.91. The molecule has 2 unspecified atom stereocenters. The van der Waals surface area contributed by atoms with E-state index in [1.165, 1.54) is 11.1 Å². The Balaban J connectivity index is 1.25. The van der Waals surface area contributed by atoms with Gasteiger partial charge in [0.15, 0.2) is 0 Å². The first kappa shape index (κ1) is 43.7. The maximum absolute atomic E-state index is 13.1. The van der Waals surface area contributed by atoms with Crippen molar-refractivity contribution in [2.45, 2.75) is 75.9 Å². The van der Waals surface area contributed by atoms with E-state index in [1.54, 1.807) is 0 Å². The molecule has 0 bridgehead atoms. The first-order valence-corrected chi connectivity index (χ1v) is 22.3. The maximum Gasteiger partial charge on any atom is 0.138 e. The molecule has 0 saturated heterocycles. The zero-order chi connectivity index (χ0) is 43.7. The van der Waals surface area contributed by atoms with Crippen LogP contribution in [0.15, 0.2) is 73.1 Å². The van der Waals surface area contributed by atoms with Gasteiger partial charge in [0.05, 0.1) is 46.2 Å². The number of aliphatic hydroxyl groups excluding tert-OH is 2. The van der Waals surface area contributed by atoms with Crippen LogP contribution in [0.2, 0.25) is 0 Å². The molecule has 6 aromatic heterocycles. The predicted octanol–water partition coefficient (Wildman–Crippen LogP) is 5.55. The number of pyridine rings is 4. The first-order valence-electron chi connectivity index (χ1n) is 22.3. The van der Waals surface area contributed by atoms with Crippen molar-refractivity contribution in [1.82, 2.24) is 48.3 Å². The average Bonchev–Trinajstić information content (AvgIpc) is 3.83. The van der Waals surface area contributed by atoms with Gasteiger partial charge in [0, 0.05) is 65.8 Å². The van der Waals surface area contributed by atoms with Crippen molar-refractivity contribution in [2.24, 2.45) is 0 Å². The van der Waals surface area contributed by atoms with Gasteiger partial charge in [0.2, 0.25) is 0 Å². The summed E-state index contributed by atoms with van der Waals surface area (Å²) < 4.78 is 4.12. The zero-order valence-electron chi connectivity index (χ0n) is 38.0. The van der Waals surface area contributed by atoms with Gasteiger partial charge in [-0.1, -0.05) is 24.3 Å². The van der Waals surface area contributed by atoms with E-state index < -0.39 is 12.2 Å². The molecule has 0 amide bonds. The molecule has 14 nitrogen and oxygen atoms in total. The van der Waals surface area contributed by atoms with Crippen LogP contribution in [0.25, 0.3) is 11.3 Å². The molecule has 2 aliphatic carbocycles. The molecule has 0 spiro atoms. The molecule has 6 aromatic rings. The number of imidazole rings is 2. The maximum atomic E-state index is 13.1. The van der Waals surface area contributed by atoms with Gasteiger partial charge in [-0.25, -0.2) is 9.97 Å². The van der Waals surface area contributed by atoms with Crippen LogP contribution >= 0.6 is 0 Å². The summed E-state index contributed by atoms with van der Waals surface area (Å²) in [5.74, 6) is 1.78. The fourth-order valence-electron chi connectivity index (χ4n) is 9.67. The minimum absolute atomic E-state index is 0.0995. The van der Waals surface area contributed by atoms with Gasteiger partial charge in [-0.3, -0.25) is 28.6 Å². The second-order valence-corrected chi connectivity index (χ2v) is 18.1. The SMILES string of the molecule is CN(C)CCN(C)c1cccc2nc(CN(C)[C@H]3CCCc4cccnc43)c(C(O)C(O)c3c(CN(C)[C@H]4CCCc5cccnc54)nc4cccc(N(C)CCN(C)C)n34)n12. The number of aliphatic hydroxyl groups is 2. The minimum atomic E-state index is -1.37. The second-order valence-electron chi connectivity index (χ2n) is 18.1. The summed E-state index contributed by atoms with van der Waals surface area (Å²) >= 11 is 0. The van der Waals surface area contributed by atoms with E-state index in [4.69, 9.17) is 19.9 Å². The number of nitrogens with zero attached hydrogens (tertiary/aromatic N) is 12.